The van der Waals surface area contributed by atoms with Gasteiger partial charge >= 0.3 is 0 Å². The van der Waals surface area contributed by atoms with E-state index in [9.17, 15) is 4.79 Å². The predicted molar refractivity (Wildman–Crippen MR) is 76.8 cm³/mol. The van der Waals surface area contributed by atoms with E-state index < -0.39 is 0 Å². The highest BCUT2D eigenvalue weighted by atomic mass is 16.5. The highest BCUT2D eigenvalue weighted by Gasteiger charge is 2.26. The van der Waals surface area contributed by atoms with E-state index in [0.29, 0.717) is 18.6 Å². The van der Waals surface area contributed by atoms with Crippen molar-refractivity contribution in [1.29, 1.82) is 0 Å². The molecule has 0 aliphatic carbocycles. The number of piperidine rings is 1. The van der Waals surface area contributed by atoms with Crippen LogP contribution in [-0.2, 0) is 0 Å². The van der Waals surface area contributed by atoms with Gasteiger partial charge in [-0.15, -0.1) is 0 Å². The Bertz CT molecular complexity index is 434. The molecule has 0 radical (unpaired) electrons. The molecule has 0 unspecified atom stereocenters. The van der Waals surface area contributed by atoms with E-state index in [1.807, 2.05) is 24.3 Å². The Morgan fingerprint density at radius 3 is 2.63 bits per heavy atom. The van der Waals surface area contributed by atoms with Gasteiger partial charge in [0.15, 0.2) is 5.78 Å². The number of ketones is 1. The summed E-state index contributed by atoms with van der Waals surface area (Å²) >= 11 is 0. The van der Waals surface area contributed by atoms with Crippen molar-refractivity contribution in [3.05, 3.63) is 29.8 Å². The molecule has 3 nitrogen and oxygen atoms in total. The average molecular weight is 261 g/mol. The highest BCUT2D eigenvalue weighted by molar-refractivity contribution is 5.98. The number of ether oxygens (including phenoxy) is 1. The van der Waals surface area contributed by atoms with Crippen LogP contribution < -0.4 is 4.74 Å². The lowest BCUT2D eigenvalue weighted by atomic mass is 9.96. The number of rotatable bonds is 4. The van der Waals surface area contributed by atoms with E-state index in [2.05, 4.69) is 18.7 Å². The Morgan fingerprint density at radius 1 is 1.32 bits per heavy atom. The number of nitrogens with zero attached hydrogens (tertiary/aromatic N) is 1. The second-order valence-electron chi connectivity index (χ2n) is 5.46. The Kier molecular flexibility index (Phi) is 4.59. The van der Waals surface area contributed by atoms with E-state index in [1.54, 1.807) is 7.11 Å². The van der Waals surface area contributed by atoms with Crippen molar-refractivity contribution in [2.24, 2.45) is 0 Å². The summed E-state index contributed by atoms with van der Waals surface area (Å²) in [7, 11) is 1.62. The summed E-state index contributed by atoms with van der Waals surface area (Å²) in [5.41, 5.74) is 0.740. The van der Waals surface area contributed by atoms with Crippen molar-refractivity contribution in [2.45, 2.75) is 45.2 Å². The third kappa shape index (κ3) is 3.35. The van der Waals surface area contributed by atoms with Crippen LogP contribution in [0, 0.1) is 0 Å². The first-order chi connectivity index (χ1) is 9.11. The quantitative estimate of drug-likeness (QED) is 0.780. The highest BCUT2D eigenvalue weighted by Crippen LogP contribution is 2.23. The molecule has 0 saturated carbocycles. The molecule has 1 aromatic carbocycles. The van der Waals surface area contributed by atoms with Crippen molar-refractivity contribution < 1.29 is 9.53 Å². The Hall–Kier alpha value is -1.35. The zero-order valence-electron chi connectivity index (χ0n) is 12.1. The maximum atomic E-state index is 12.4. The van der Waals surface area contributed by atoms with Crippen molar-refractivity contribution in [3.63, 3.8) is 0 Å². The van der Waals surface area contributed by atoms with Gasteiger partial charge in [0.1, 0.15) is 5.75 Å². The smallest absolute Gasteiger partial charge is 0.176 e. The first-order valence-electron chi connectivity index (χ1n) is 7.05. The maximum absolute atomic E-state index is 12.4. The minimum Gasteiger partial charge on any atom is -0.497 e. The van der Waals surface area contributed by atoms with Crippen molar-refractivity contribution in [2.75, 3.05) is 13.7 Å². The predicted octanol–water partition coefficient (Wildman–Crippen LogP) is 3.14. The van der Waals surface area contributed by atoms with Crippen LogP contribution in [-0.4, -0.2) is 36.4 Å². The largest absolute Gasteiger partial charge is 0.497 e. The maximum Gasteiger partial charge on any atom is 0.176 e. The summed E-state index contributed by atoms with van der Waals surface area (Å²) in [6, 6.07) is 8.42. The van der Waals surface area contributed by atoms with Gasteiger partial charge in [0.05, 0.1) is 13.7 Å². The molecule has 19 heavy (non-hydrogen) atoms. The number of likely N-dealkylation sites (tertiary alicyclic amines) is 1. The monoisotopic (exact) mass is 261 g/mol. The van der Waals surface area contributed by atoms with E-state index >= 15 is 0 Å². The van der Waals surface area contributed by atoms with Gasteiger partial charge in [-0.3, -0.25) is 9.69 Å². The lowest BCUT2D eigenvalue weighted by Gasteiger charge is -2.38. The number of carbonyl (C=O) groups is 1. The van der Waals surface area contributed by atoms with Crippen LogP contribution in [0.15, 0.2) is 24.3 Å². The standard InChI is InChI=1S/C16H23NO2/c1-12-6-4-7-13(2)17(12)11-16(18)14-8-5-9-15(10-14)19-3/h5,8-10,12-13H,4,6-7,11H2,1-3H3/t12-,13+. The van der Waals surface area contributed by atoms with E-state index in [-0.39, 0.29) is 5.78 Å². The lowest BCUT2D eigenvalue weighted by molar-refractivity contribution is 0.0734. The first kappa shape index (κ1) is 14.1. The molecule has 0 N–H and O–H groups in total. The second kappa shape index (κ2) is 6.20. The molecule has 0 amide bonds. The van der Waals surface area contributed by atoms with Gasteiger partial charge < -0.3 is 4.74 Å². The van der Waals surface area contributed by atoms with E-state index in [0.717, 1.165) is 11.3 Å². The molecular weight excluding hydrogens is 238 g/mol. The molecule has 0 bridgehead atoms. The Balaban J connectivity index is 2.07. The summed E-state index contributed by atoms with van der Waals surface area (Å²) in [6.07, 6.45) is 3.65. The molecule has 1 fully saturated rings. The molecule has 1 aromatic rings. The topological polar surface area (TPSA) is 29.5 Å². The van der Waals surface area contributed by atoms with Gasteiger partial charge in [-0.2, -0.15) is 0 Å². The van der Waals surface area contributed by atoms with Gasteiger partial charge in [-0.1, -0.05) is 18.6 Å². The number of Topliss-reactive ketones (excluding diaryl/α,β-unsaturated/α-hetero) is 1. The summed E-state index contributed by atoms with van der Waals surface area (Å²) < 4.78 is 5.17. The van der Waals surface area contributed by atoms with Gasteiger partial charge in [0.2, 0.25) is 0 Å². The third-order valence-electron chi connectivity index (χ3n) is 4.09. The average Bonchev–Trinajstić information content (AvgIpc) is 2.43. The Labute approximate surface area is 115 Å². The summed E-state index contributed by atoms with van der Waals surface area (Å²) in [6.45, 7) is 4.94. The molecule has 0 spiro atoms. The molecule has 104 valence electrons. The number of methoxy groups -OCH3 is 1. The van der Waals surface area contributed by atoms with Gasteiger partial charge in [0.25, 0.3) is 0 Å². The number of carbonyl (C=O) groups excluding carboxylic acids is 1. The second-order valence-corrected chi connectivity index (χ2v) is 5.46. The van der Waals surface area contributed by atoms with Crippen LogP contribution in [0.3, 0.4) is 0 Å². The molecule has 2 atom stereocenters. The minimum absolute atomic E-state index is 0.180. The normalized spacial score (nSPS) is 24.2. The fourth-order valence-corrected chi connectivity index (χ4v) is 2.84. The SMILES string of the molecule is COc1cccc(C(=O)CN2[C@H](C)CCC[C@@H]2C)c1. The minimum atomic E-state index is 0.180. The van der Waals surface area contributed by atoms with Crippen molar-refractivity contribution in [1.82, 2.24) is 4.90 Å². The summed E-state index contributed by atoms with van der Waals surface area (Å²) in [5, 5.41) is 0. The van der Waals surface area contributed by atoms with Crippen molar-refractivity contribution >= 4 is 5.78 Å². The number of benzene rings is 1. The molecule has 1 aliphatic rings. The third-order valence-corrected chi connectivity index (χ3v) is 4.09. The first-order valence-corrected chi connectivity index (χ1v) is 7.05. The van der Waals surface area contributed by atoms with Gasteiger partial charge in [0, 0.05) is 17.6 Å². The molecular formula is C16H23NO2. The van der Waals surface area contributed by atoms with Gasteiger partial charge in [-0.05, 0) is 38.8 Å². The van der Waals surface area contributed by atoms with Crippen molar-refractivity contribution in [3.8, 4) is 5.75 Å². The Morgan fingerprint density at radius 2 is 2.00 bits per heavy atom. The van der Waals surface area contributed by atoms with E-state index in [1.165, 1.54) is 19.3 Å². The summed E-state index contributed by atoms with van der Waals surface area (Å²) in [5.74, 6) is 0.921. The summed E-state index contributed by atoms with van der Waals surface area (Å²) in [4.78, 5) is 14.7. The molecule has 0 aromatic heterocycles. The van der Waals surface area contributed by atoms with Crippen LogP contribution in [0.25, 0.3) is 0 Å². The molecule has 1 heterocycles. The molecule has 3 heteroatoms. The lowest BCUT2D eigenvalue weighted by Crippen LogP contribution is -2.46. The van der Waals surface area contributed by atoms with Gasteiger partial charge in [-0.25, -0.2) is 0 Å². The van der Waals surface area contributed by atoms with Crippen LogP contribution in [0.5, 0.6) is 5.75 Å². The molecule has 2 rings (SSSR count). The zero-order chi connectivity index (χ0) is 13.8. The van der Waals surface area contributed by atoms with Crippen LogP contribution in [0.4, 0.5) is 0 Å². The van der Waals surface area contributed by atoms with Crippen LogP contribution in [0.1, 0.15) is 43.5 Å². The fraction of sp³-hybridized carbons (Fsp3) is 0.562. The molecule has 1 aliphatic heterocycles. The fourth-order valence-electron chi connectivity index (χ4n) is 2.84. The zero-order valence-corrected chi connectivity index (χ0v) is 12.1. The number of hydrogen-bond donors (Lipinski definition) is 0. The number of hydrogen-bond acceptors (Lipinski definition) is 3. The van der Waals surface area contributed by atoms with E-state index in [4.69, 9.17) is 4.74 Å². The van der Waals surface area contributed by atoms with Crippen LogP contribution >= 0.6 is 0 Å². The molecule has 1 saturated heterocycles. The van der Waals surface area contributed by atoms with Crippen LogP contribution in [0.2, 0.25) is 0 Å².